The van der Waals surface area contributed by atoms with Gasteiger partial charge in [0.2, 0.25) is 5.91 Å². The highest BCUT2D eigenvalue weighted by Crippen LogP contribution is 2.27. The summed E-state index contributed by atoms with van der Waals surface area (Å²) in [5.41, 5.74) is 0.159. The first kappa shape index (κ1) is 15.3. The lowest BCUT2D eigenvalue weighted by Gasteiger charge is -2.09. The van der Waals surface area contributed by atoms with E-state index in [9.17, 15) is 14.9 Å². The molecular weight excluding hydrogens is 290 g/mol. The second kappa shape index (κ2) is 7.01. The van der Waals surface area contributed by atoms with E-state index in [1.807, 2.05) is 6.92 Å². The van der Waals surface area contributed by atoms with Crippen molar-refractivity contribution in [1.82, 2.24) is 5.32 Å². The molecule has 0 aliphatic carbocycles. The Labute approximate surface area is 120 Å². The molecule has 6 nitrogen and oxygen atoms in total. The predicted octanol–water partition coefficient (Wildman–Crippen LogP) is 2.86. The Morgan fingerprint density at radius 2 is 2.21 bits per heavy atom. The van der Waals surface area contributed by atoms with Crippen molar-refractivity contribution in [2.24, 2.45) is 0 Å². The third-order valence-electron chi connectivity index (χ3n) is 2.13. The van der Waals surface area contributed by atoms with Crippen LogP contribution in [0.5, 0.6) is 0 Å². The second-order valence-electron chi connectivity index (χ2n) is 3.68. The zero-order valence-corrected chi connectivity index (χ0v) is 11.7. The van der Waals surface area contributed by atoms with Crippen molar-refractivity contribution in [3.8, 4) is 0 Å². The lowest BCUT2D eigenvalue weighted by atomic mass is 10.3. The quantitative estimate of drug-likeness (QED) is 0.507. The Kier molecular flexibility index (Phi) is 5.65. The maximum atomic E-state index is 11.3. The molecule has 0 bridgehead atoms. The molecule has 19 heavy (non-hydrogen) atoms. The molecule has 0 atom stereocenters. The van der Waals surface area contributed by atoms with Crippen LogP contribution in [0.1, 0.15) is 19.8 Å². The molecule has 1 amide bonds. The van der Waals surface area contributed by atoms with Gasteiger partial charge in [-0.2, -0.15) is 0 Å². The summed E-state index contributed by atoms with van der Waals surface area (Å²) in [7, 11) is 0. The molecule has 8 heteroatoms. The van der Waals surface area contributed by atoms with E-state index in [0.29, 0.717) is 18.5 Å². The smallest absolute Gasteiger partial charge is 0.289 e. The van der Waals surface area contributed by atoms with Crippen molar-refractivity contribution >= 4 is 46.2 Å². The van der Waals surface area contributed by atoms with Crippen molar-refractivity contribution in [3.63, 3.8) is 0 Å². The van der Waals surface area contributed by atoms with E-state index in [0.717, 1.165) is 0 Å². The number of nitrogens with zero attached hydrogens (tertiary/aromatic N) is 1. The average Bonchev–Trinajstić information content (AvgIpc) is 2.31. The molecular formula is C11H12ClN3O3S. The number of carbonyl (C=O) groups excluding carboxylic acids is 1. The highest BCUT2D eigenvalue weighted by molar-refractivity contribution is 7.80. The highest BCUT2D eigenvalue weighted by atomic mass is 35.5. The van der Waals surface area contributed by atoms with Crippen LogP contribution in [0, 0.1) is 10.1 Å². The van der Waals surface area contributed by atoms with Crippen LogP contribution in [-0.2, 0) is 4.79 Å². The molecule has 102 valence electrons. The van der Waals surface area contributed by atoms with Gasteiger partial charge in [0.15, 0.2) is 5.11 Å². The minimum atomic E-state index is -0.591. The lowest BCUT2D eigenvalue weighted by molar-refractivity contribution is -0.384. The topological polar surface area (TPSA) is 84.3 Å². The van der Waals surface area contributed by atoms with Crippen LogP contribution in [-0.4, -0.2) is 15.9 Å². The minimum absolute atomic E-state index is 0.0384. The van der Waals surface area contributed by atoms with Gasteiger partial charge in [0, 0.05) is 18.2 Å². The van der Waals surface area contributed by atoms with E-state index >= 15 is 0 Å². The number of hydrogen-bond acceptors (Lipinski definition) is 4. The standard InChI is InChI=1S/C11H12ClN3O3S/c1-2-3-10(16)14-11(19)13-7-4-5-8(12)9(6-7)15(17)18/h4-6H,2-3H2,1H3,(H2,13,14,16,19). The van der Waals surface area contributed by atoms with E-state index in [2.05, 4.69) is 10.6 Å². The number of hydrogen-bond donors (Lipinski definition) is 2. The van der Waals surface area contributed by atoms with Crippen LogP contribution in [0.25, 0.3) is 0 Å². The average molecular weight is 302 g/mol. The molecule has 0 radical (unpaired) electrons. The Balaban J connectivity index is 2.72. The normalized spacial score (nSPS) is 9.79. The molecule has 0 heterocycles. The lowest BCUT2D eigenvalue weighted by Crippen LogP contribution is -2.33. The molecule has 0 saturated heterocycles. The monoisotopic (exact) mass is 301 g/mol. The van der Waals surface area contributed by atoms with Crippen LogP contribution in [0.4, 0.5) is 11.4 Å². The highest BCUT2D eigenvalue weighted by Gasteiger charge is 2.13. The predicted molar refractivity (Wildman–Crippen MR) is 77.4 cm³/mol. The molecule has 0 aliphatic rings. The Morgan fingerprint density at radius 1 is 1.53 bits per heavy atom. The fourth-order valence-corrected chi connectivity index (χ4v) is 1.73. The maximum absolute atomic E-state index is 11.3. The van der Waals surface area contributed by atoms with Crippen LogP contribution < -0.4 is 10.6 Å². The van der Waals surface area contributed by atoms with Gasteiger partial charge in [-0.05, 0) is 30.8 Å². The third kappa shape index (κ3) is 4.80. The summed E-state index contributed by atoms with van der Waals surface area (Å²) >= 11 is 10.6. The number of rotatable bonds is 4. The van der Waals surface area contributed by atoms with Gasteiger partial charge in [0.25, 0.3) is 5.69 Å². The first-order valence-corrected chi connectivity index (χ1v) is 6.27. The minimum Gasteiger partial charge on any atom is -0.332 e. The molecule has 2 N–H and O–H groups in total. The molecule has 1 aromatic rings. The van der Waals surface area contributed by atoms with Gasteiger partial charge in [0.1, 0.15) is 5.02 Å². The number of nitrogens with one attached hydrogen (secondary N) is 2. The van der Waals surface area contributed by atoms with Gasteiger partial charge in [-0.1, -0.05) is 18.5 Å². The van der Waals surface area contributed by atoms with E-state index in [-0.39, 0.29) is 21.7 Å². The molecule has 0 spiro atoms. The fourth-order valence-electron chi connectivity index (χ4n) is 1.31. The summed E-state index contributed by atoms with van der Waals surface area (Å²) in [5.74, 6) is -0.205. The van der Waals surface area contributed by atoms with E-state index < -0.39 is 4.92 Å². The van der Waals surface area contributed by atoms with Gasteiger partial charge in [-0.3, -0.25) is 14.9 Å². The van der Waals surface area contributed by atoms with Crippen molar-refractivity contribution in [1.29, 1.82) is 0 Å². The Bertz CT molecular complexity index is 522. The summed E-state index contributed by atoms with van der Waals surface area (Å²) in [6, 6.07) is 4.17. The molecule has 0 saturated carbocycles. The summed E-state index contributed by atoms with van der Waals surface area (Å²) in [6.07, 6.45) is 1.07. The van der Waals surface area contributed by atoms with Gasteiger partial charge in [-0.15, -0.1) is 0 Å². The Hall–Kier alpha value is -1.73. The fraction of sp³-hybridized carbons (Fsp3) is 0.273. The zero-order valence-electron chi connectivity index (χ0n) is 10.1. The molecule has 0 unspecified atom stereocenters. The van der Waals surface area contributed by atoms with Crippen molar-refractivity contribution in [2.45, 2.75) is 19.8 Å². The Morgan fingerprint density at radius 3 is 2.79 bits per heavy atom. The number of halogens is 1. The van der Waals surface area contributed by atoms with Gasteiger partial charge >= 0.3 is 0 Å². The van der Waals surface area contributed by atoms with Crippen LogP contribution in [0.2, 0.25) is 5.02 Å². The summed E-state index contributed by atoms with van der Waals surface area (Å²) < 4.78 is 0. The molecule has 0 aromatic heterocycles. The van der Waals surface area contributed by atoms with Crippen LogP contribution >= 0.6 is 23.8 Å². The number of benzene rings is 1. The molecule has 1 aromatic carbocycles. The van der Waals surface area contributed by atoms with Gasteiger partial charge in [0.05, 0.1) is 4.92 Å². The summed E-state index contributed by atoms with van der Waals surface area (Å²) in [5, 5.41) is 16.0. The summed E-state index contributed by atoms with van der Waals surface area (Å²) in [4.78, 5) is 21.4. The third-order valence-corrected chi connectivity index (χ3v) is 2.65. The first-order chi connectivity index (χ1) is 8.93. The van der Waals surface area contributed by atoms with Crippen molar-refractivity contribution in [2.75, 3.05) is 5.32 Å². The number of anilines is 1. The zero-order chi connectivity index (χ0) is 14.4. The van der Waals surface area contributed by atoms with Crippen LogP contribution in [0.3, 0.4) is 0 Å². The largest absolute Gasteiger partial charge is 0.332 e. The number of nitro benzene ring substituents is 1. The maximum Gasteiger partial charge on any atom is 0.289 e. The first-order valence-electron chi connectivity index (χ1n) is 5.48. The molecule has 0 aliphatic heterocycles. The number of thiocarbonyl (C=S) groups is 1. The van der Waals surface area contributed by atoms with Crippen molar-refractivity contribution < 1.29 is 9.72 Å². The number of carbonyl (C=O) groups is 1. The number of nitro groups is 1. The number of amides is 1. The van der Waals surface area contributed by atoms with Crippen LogP contribution in [0.15, 0.2) is 18.2 Å². The van der Waals surface area contributed by atoms with Gasteiger partial charge < -0.3 is 10.6 Å². The van der Waals surface area contributed by atoms with E-state index in [1.165, 1.54) is 18.2 Å². The molecule has 0 fully saturated rings. The van der Waals surface area contributed by atoms with Gasteiger partial charge in [-0.25, -0.2) is 0 Å². The van der Waals surface area contributed by atoms with E-state index in [1.54, 1.807) is 0 Å². The molecule has 1 rings (SSSR count). The van der Waals surface area contributed by atoms with E-state index in [4.69, 9.17) is 23.8 Å². The summed E-state index contributed by atoms with van der Waals surface area (Å²) in [6.45, 7) is 1.87. The SMILES string of the molecule is CCCC(=O)NC(=S)Nc1ccc(Cl)c([N+](=O)[O-])c1. The second-order valence-corrected chi connectivity index (χ2v) is 4.49. The van der Waals surface area contributed by atoms with Crippen molar-refractivity contribution in [3.05, 3.63) is 33.3 Å².